The normalized spacial score (nSPS) is 15.8. The van der Waals surface area contributed by atoms with E-state index in [1.165, 1.54) is 12.1 Å². The van der Waals surface area contributed by atoms with Crippen molar-refractivity contribution in [1.29, 1.82) is 0 Å². The lowest BCUT2D eigenvalue weighted by molar-refractivity contribution is -0.125. The first kappa shape index (κ1) is 18.2. The Morgan fingerprint density at radius 1 is 1.25 bits per heavy atom. The lowest BCUT2D eigenvalue weighted by Gasteiger charge is -2.12. The molecule has 0 radical (unpaired) electrons. The second-order valence-corrected chi connectivity index (χ2v) is 6.77. The number of benzene rings is 2. The Labute approximate surface area is 165 Å². The summed E-state index contributed by atoms with van der Waals surface area (Å²) in [6.45, 7) is 0.482. The SMILES string of the molecule is O=C(Nc1ccnn1Cc1ccc(Cl)cc1)C1CC(c2cccc(F)c2)=NO1. The standard InChI is InChI=1S/C20H16ClFN4O2/c21-15-6-4-13(5-7-15)12-26-19(8-9-23-26)24-20(27)18-11-17(25-28-18)14-2-1-3-16(22)10-14/h1-10,18H,11-12H2,(H,24,27). The van der Waals surface area contributed by atoms with Crippen molar-refractivity contribution in [3.05, 3.63) is 82.8 Å². The zero-order valence-electron chi connectivity index (χ0n) is 14.7. The molecule has 1 N–H and O–H groups in total. The topological polar surface area (TPSA) is 68.5 Å². The Hall–Kier alpha value is -3.19. The molecule has 0 spiro atoms. The molecule has 0 saturated heterocycles. The van der Waals surface area contributed by atoms with Gasteiger partial charge >= 0.3 is 0 Å². The van der Waals surface area contributed by atoms with Crippen LogP contribution in [0.25, 0.3) is 0 Å². The zero-order valence-corrected chi connectivity index (χ0v) is 15.4. The second kappa shape index (κ2) is 7.82. The molecule has 1 aromatic heterocycles. The molecular weight excluding hydrogens is 383 g/mol. The van der Waals surface area contributed by atoms with Gasteiger partial charge in [-0.05, 0) is 29.8 Å². The number of halogens is 2. The third-order valence-electron chi connectivity index (χ3n) is 4.33. The third kappa shape index (κ3) is 4.04. The molecule has 6 nitrogen and oxygen atoms in total. The fraction of sp³-hybridized carbons (Fsp3) is 0.150. The van der Waals surface area contributed by atoms with Crippen molar-refractivity contribution < 1.29 is 14.0 Å². The lowest BCUT2D eigenvalue weighted by Crippen LogP contribution is -2.29. The Morgan fingerprint density at radius 3 is 2.86 bits per heavy atom. The molecule has 2 heterocycles. The van der Waals surface area contributed by atoms with Gasteiger partial charge in [0.15, 0.2) is 0 Å². The van der Waals surface area contributed by atoms with Crippen LogP contribution < -0.4 is 5.32 Å². The van der Waals surface area contributed by atoms with Crippen LogP contribution in [0.15, 0.2) is 65.9 Å². The smallest absolute Gasteiger partial charge is 0.269 e. The van der Waals surface area contributed by atoms with Gasteiger partial charge in [-0.3, -0.25) is 4.79 Å². The van der Waals surface area contributed by atoms with E-state index in [0.29, 0.717) is 28.7 Å². The van der Waals surface area contributed by atoms with Crippen LogP contribution in [0.2, 0.25) is 5.02 Å². The molecule has 1 atom stereocenters. The van der Waals surface area contributed by atoms with E-state index in [1.807, 2.05) is 12.1 Å². The van der Waals surface area contributed by atoms with Crippen LogP contribution in [0.1, 0.15) is 17.5 Å². The number of nitrogens with one attached hydrogen (secondary N) is 1. The van der Waals surface area contributed by atoms with Gasteiger partial charge in [-0.15, -0.1) is 0 Å². The number of amides is 1. The number of oxime groups is 1. The van der Waals surface area contributed by atoms with Gasteiger partial charge in [0.1, 0.15) is 11.6 Å². The van der Waals surface area contributed by atoms with E-state index >= 15 is 0 Å². The molecule has 1 unspecified atom stereocenters. The predicted octanol–water partition coefficient (Wildman–Crippen LogP) is 3.86. The highest BCUT2D eigenvalue weighted by Gasteiger charge is 2.29. The number of aromatic nitrogens is 2. The van der Waals surface area contributed by atoms with Crippen molar-refractivity contribution in [1.82, 2.24) is 9.78 Å². The minimum absolute atomic E-state index is 0.264. The van der Waals surface area contributed by atoms with Gasteiger partial charge in [-0.2, -0.15) is 5.10 Å². The molecule has 1 aliphatic rings. The minimum atomic E-state index is -0.780. The summed E-state index contributed by atoms with van der Waals surface area (Å²) in [4.78, 5) is 17.8. The molecule has 0 fully saturated rings. The van der Waals surface area contributed by atoms with Crippen LogP contribution in [0, 0.1) is 5.82 Å². The molecule has 0 bridgehead atoms. The van der Waals surface area contributed by atoms with Crippen LogP contribution in [0.5, 0.6) is 0 Å². The summed E-state index contributed by atoms with van der Waals surface area (Å²) in [6.07, 6.45) is 1.09. The predicted molar refractivity (Wildman–Crippen MR) is 104 cm³/mol. The van der Waals surface area contributed by atoms with Crippen molar-refractivity contribution in [3.63, 3.8) is 0 Å². The number of rotatable bonds is 5. The highest BCUT2D eigenvalue weighted by Crippen LogP contribution is 2.20. The fourth-order valence-electron chi connectivity index (χ4n) is 2.89. The molecule has 0 saturated carbocycles. The number of anilines is 1. The van der Waals surface area contributed by atoms with E-state index in [1.54, 1.807) is 41.2 Å². The molecule has 0 aliphatic carbocycles. The third-order valence-corrected chi connectivity index (χ3v) is 4.58. The Kier molecular flexibility index (Phi) is 5.08. The first-order chi connectivity index (χ1) is 13.6. The summed E-state index contributed by atoms with van der Waals surface area (Å²) in [5.41, 5.74) is 2.13. The van der Waals surface area contributed by atoms with Gasteiger partial charge in [0.2, 0.25) is 6.10 Å². The fourth-order valence-corrected chi connectivity index (χ4v) is 3.02. The van der Waals surface area contributed by atoms with Crippen LogP contribution in [-0.4, -0.2) is 27.5 Å². The van der Waals surface area contributed by atoms with Gasteiger partial charge < -0.3 is 10.2 Å². The molecule has 8 heteroatoms. The molecule has 4 rings (SSSR count). The van der Waals surface area contributed by atoms with Crippen molar-refractivity contribution in [3.8, 4) is 0 Å². The molecule has 3 aromatic rings. The largest absolute Gasteiger partial charge is 0.382 e. The minimum Gasteiger partial charge on any atom is -0.382 e. The average Bonchev–Trinajstić information content (AvgIpc) is 3.34. The van der Waals surface area contributed by atoms with Crippen molar-refractivity contribution in [2.24, 2.45) is 5.16 Å². The Morgan fingerprint density at radius 2 is 2.07 bits per heavy atom. The number of carbonyl (C=O) groups excluding carboxylic acids is 1. The zero-order chi connectivity index (χ0) is 19.5. The van der Waals surface area contributed by atoms with Gasteiger partial charge in [-0.1, -0.05) is 41.0 Å². The van der Waals surface area contributed by atoms with E-state index in [2.05, 4.69) is 15.6 Å². The maximum absolute atomic E-state index is 13.4. The summed E-state index contributed by atoms with van der Waals surface area (Å²) in [5, 5.41) is 11.6. The Balaban J connectivity index is 1.40. The number of hydrogen-bond donors (Lipinski definition) is 1. The second-order valence-electron chi connectivity index (χ2n) is 6.34. The van der Waals surface area contributed by atoms with E-state index in [-0.39, 0.29) is 18.1 Å². The maximum atomic E-state index is 13.4. The number of carbonyl (C=O) groups is 1. The van der Waals surface area contributed by atoms with E-state index < -0.39 is 6.10 Å². The molecule has 1 amide bonds. The summed E-state index contributed by atoms with van der Waals surface area (Å²) in [6, 6.07) is 15.1. The first-order valence-corrected chi connectivity index (χ1v) is 9.02. The van der Waals surface area contributed by atoms with Crippen LogP contribution in [0.3, 0.4) is 0 Å². The number of nitrogens with zero attached hydrogens (tertiary/aromatic N) is 3. The molecule has 28 heavy (non-hydrogen) atoms. The first-order valence-electron chi connectivity index (χ1n) is 8.64. The van der Waals surface area contributed by atoms with Crippen molar-refractivity contribution >= 4 is 29.0 Å². The highest BCUT2D eigenvalue weighted by atomic mass is 35.5. The lowest BCUT2D eigenvalue weighted by atomic mass is 10.0. The Bertz CT molecular complexity index is 1030. The van der Waals surface area contributed by atoms with Gasteiger partial charge in [-0.25, -0.2) is 9.07 Å². The maximum Gasteiger partial charge on any atom is 0.269 e. The quantitative estimate of drug-likeness (QED) is 0.709. The molecule has 1 aliphatic heterocycles. The van der Waals surface area contributed by atoms with Gasteiger partial charge in [0, 0.05) is 23.1 Å². The van der Waals surface area contributed by atoms with Crippen molar-refractivity contribution in [2.75, 3.05) is 5.32 Å². The van der Waals surface area contributed by atoms with Crippen LogP contribution in [0.4, 0.5) is 10.2 Å². The average molecular weight is 399 g/mol. The molecular formula is C20H16ClFN4O2. The summed E-state index contributed by atoms with van der Waals surface area (Å²) >= 11 is 5.91. The van der Waals surface area contributed by atoms with E-state index in [4.69, 9.17) is 16.4 Å². The monoisotopic (exact) mass is 398 g/mol. The summed E-state index contributed by atoms with van der Waals surface area (Å²) < 4.78 is 15.1. The van der Waals surface area contributed by atoms with E-state index in [9.17, 15) is 9.18 Å². The van der Waals surface area contributed by atoms with Gasteiger partial charge in [0.05, 0.1) is 18.5 Å². The highest BCUT2D eigenvalue weighted by molar-refractivity contribution is 6.30. The molecule has 142 valence electrons. The van der Waals surface area contributed by atoms with Crippen LogP contribution >= 0.6 is 11.6 Å². The molecule has 2 aromatic carbocycles. The van der Waals surface area contributed by atoms with Crippen molar-refractivity contribution in [2.45, 2.75) is 19.1 Å². The summed E-state index contributed by atoms with van der Waals surface area (Å²) in [5.74, 6) is -0.157. The van der Waals surface area contributed by atoms with E-state index in [0.717, 1.165) is 5.56 Å². The summed E-state index contributed by atoms with van der Waals surface area (Å²) in [7, 11) is 0. The van der Waals surface area contributed by atoms with Crippen LogP contribution in [-0.2, 0) is 16.2 Å². The van der Waals surface area contributed by atoms with Gasteiger partial charge in [0.25, 0.3) is 5.91 Å². The number of hydrogen-bond acceptors (Lipinski definition) is 4.